The van der Waals surface area contributed by atoms with Crippen LogP contribution in [-0.4, -0.2) is 86.5 Å². The minimum atomic E-state index is -2.17. The molecule has 0 amide bonds. The van der Waals surface area contributed by atoms with E-state index in [4.69, 9.17) is 18.9 Å². The Labute approximate surface area is 218 Å². The second-order valence-corrected chi connectivity index (χ2v) is 9.10. The smallest absolute Gasteiger partial charge is 0.345 e. The van der Waals surface area contributed by atoms with Crippen LogP contribution in [0.1, 0.15) is 28.8 Å². The predicted octanol–water partition coefficient (Wildman–Crippen LogP) is 0.215. The molecule has 11 heteroatoms. The fourth-order valence-electron chi connectivity index (χ4n) is 4.14. The van der Waals surface area contributed by atoms with E-state index in [1.807, 2.05) is 0 Å². The molecule has 5 N–H and O–H groups in total. The highest BCUT2D eigenvalue weighted by Gasteiger charge is 2.46. The molecule has 2 aromatic rings. The quantitative estimate of drug-likeness (QED) is 0.233. The number of hydrogen-bond donors (Lipinski definition) is 5. The summed E-state index contributed by atoms with van der Waals surface area (Å²) in [5.74, 6) is -1.57. The molecule has 38 heavy (non-hydrogen) atoms. The summed E-state index contributed by atoms with van der Waals surface area (Å²) in [6.07, 6.45) is -5.40. The number of ether oxygens (including phenoxy) is 4. The van der Waals surface area contributed by atoms with Crippen LogP contribution in [0.3, 0.4) is 0 Å². The minimum absolute atomic E-state index is 0.125. The summed E-state index contributed by atoms with van der Waals surface area (Å²) in [4.78, 5) is 24.8. The van der Waals surface area contributed by atoms with Crippen LogP contribution in [0.2, 0.25) is 0 Å². The van der Waals surface area contributed by atoms with Crippen molar-refractivity contribution in [3.63, 3.8) is 0 Å². The van der Waals surface area contributed by atoms with Crippen LogP contribution in [0.25, 0.3) is 0 Å². The molecule has 0 bridgehead atoms. The third-order valence-electron chi connectivity index (χ3n) is 6.44. The molecular formula is C27H30O11. The number of allylic oxidation sites excluding steroid dienone is 1. The van der Waals surface area contributed by atoms with E-state index in [1.54, 1.807) is 54.6 Å². The summed E-state index contributed by atoms with van der Waals surface area (Å²) in [5, 5.41) is 51.8. The number of hydrogen-bond acceptors (Lipinski definition) is 11. The van der Waals surface area contributed by atoms with Gasteiger partial charge in [0.1, 0.15) is 43.4 Å². The highest BCUT2D eigenvalue weighted by molar-refractivity contribution is 5.89. The van der Waals surface area contributed by atoms with Crippen molar-refractivity contribution < 1.29 is 54.1 Å². The van der Waals surface area contributed by atoms with Crippen molar-refractivity contribution in [2.45, 2.75) is 61.9 Å². The van der Waals surface area contributed by atoms with Gasteiger partial charge in [-0.25, -0.2) is 9.59 Å². The van der Waals surface area contributed by atoms with Crippen molar-refractivity contribution in [2.75, 3.05) is 6.61 Å². The van der Waals surface area contributed by atoms with Gasteiger partial charge in [-0.2, -0.15) is 0 Å². The van der Waals surface area contributed by atoms with Crippen LogP contribution in [0, 0.1) is 0 Å². The van der Waals surface area contributed by atoms with Gasteiger partial charge in [0.25, 0.3) is 0 Å². The van der Waals surface area contributed by atoms with E-state index < -0.39 is 61.0 Å². The maximum atomic E-state index is 12.5. The van der Waals surface area contributed by atoms with Gasteiger partial charge in [-0.15, -0.1) is 0 Å². The molecule has 7 atom stereocenters. The van der Waals surface area contributed by atoms with Crippen molar-refractivity contribution in [1.82, 2.24) is 0 Å². The highest BCUT2D eigenvalue weighted by atomic mass is 16.7. The first-order valence-electron chi connectivity index (χ1n) is 12.1. The molecule has 2 aliphatic rings. The van der Waals surface area contributed by atoms with E-state index in [2.05, 4.69) is 0 Å². The molecule has 1 fully saturated rings. The minimum Gasteiger partial charge on any atom is -0.462 e. The van der Waals surface area contributed by atoms with Crippen LogP contribution in [0.15, 0.2) is 66.7 Å². The van der Waals surface area contributed by atoms with Crippen LogP contribution in [0.4, 0.5) is 0 Å². The maximum Gasteiger partial charge on any atom is 0.345 e. The van der Waals surface area contributed by atoms with Crippen LogP contribution in [0.5, 0.6) is 5.75 Å². The lowest BCUT2D eigenvalue weighted by Crippen LogP contribution is -2.60. The summed E-state index contributed by atoms with van der Waals surface area (Å²) in [5.41, 5.74) is -1.54. The molecule has 11 nitrogen and oxygen atoms in total. The molecule has 1 aliphatic carbocycles. The average molecular weight is 531 g/mol. The van der Waals surface area contributed by atoms with Crippen LogP contribution in [-0.2, 0) is 25.6 Å². The van der Waals surface area contributed by atoms with Gasteiger partial charge < -0.3 is 44.5 Å². The lowest BCUT2D eigenvalue weighted by Gasteiger charge is -2.40. The van der Waals surface area contributed by atoms with Crippen LogP contribution < -0.4 is 4.74 Å². The normalized spacial score (nSPS) is 30.9. The van der Waals surface area contributed by atoms with E-state index in [0.29, 0.717) is 12.0 Å². The molecule has 0 spiro atoms. The van der Waals surface area contributed by atoms with Crippen molar-refractivity contribution in [3.05, 3.63) is 77.9 Å². The standard InChI is InChI=1S/C27H30O11/c28-20-12-6-7-13-27(20,34)26(33)36-14-17-10-4-5-11-18(17)37-25-23(31)22(30)21(29)19(38-25)15-35-24(32)16-8-2-1-3-9-16/h1-5,7-11,13,19-23,25,28-31,34H,6,12,14-15H2/t19-,20-,21+,22-,23+,25+,27-/m0/s1. The monoisotopic (exact) mass is 530 g/mol. The molecule has 0 radical (unpaired) electrons. The lowest BCUT2D eigenvalue weighted by molar-refractivity contribution is -0.277. The van der Waals surface area contributed by atoms with Gasteiger partial charge in [0, 0.05) is 5.56 Å². The predicted molar refractivity (Wildman–Crippen MR) is 130 cm³/mol. The Bertz CT molecular complexity index is 1140. The van der Waals surface area contributed by atoms with E-state index in [1.165, 1.54) is 12.1 Å². The van der Waals surface area contributed by atoms with E-state index >= 15 is 0 Å². The second kappa shape index (κ2) is 12.0. The Balaban J connectivity index is 1.41. The summed E-state index contributed by atoms with van der Waals surface area (Å²) in [6.45, 7) is -0.768. The molecule has 0 aromatic heterocycles. The topological polar surface area (TPSA) is 172 Å². The Morgan fingerprint density at radius 2 is 1.63 bits per heavy atom. The fourth-order valence-corrected chi connectivity index (χ4v) is 4.14. The summed E-state index contributed by atoms with van der Waals surface area (Å²) in [6, 6.07) is 14.5. The molecule has 204 valence electrons. The number of carbonyl (C=O) groups is 2. The summed E-state index contributed by atoms with van der Waals surface area (Å²) in [7, 11) is 0. The van der Waals surface area contributed by atoms with Gasteiger partial charge >= 0.3 is 11.9 Å². The summed E-state index contributed by atoms with van der Waals surface area (Å²) < 4.78 is 21.8. The molecule has 0 saturated carbocycles. The zero-order valence-electron chi connectivity index (χ0n) is 20.3. The highest BCUT2D eigenvalue weighted by Crippen LogP contribution is 2.29. The first-order chi connectivity index (χ1) is 18.2. The average Bonchev–Trinajstić information content (AvgIpc) is 2.93. The van der Waals surface area contributed by atoms with Crippen molar-refractivity contribution in [3.8, 4) is 5.75 Å². The Morgan fingerprint density at radius 3 is 2.37 bits per heavy atom. The zero-order valence-corrected chi connectivity index (χ0v) is 20.3. The van der Waals surface area contributed by atoms with Crippen molar-refractivity contribution in [1.29, 1.82) is 0 Å². The van der Waals surface area contributed by atoms with E-state index in [0.717, 1.165) is 0 Å². The Kier molecular flexibility index (Phi) is 8.77. The Morgan fingerprint density at radius 1 is 0.921 bits per heavy atom. The molecule has 1 aliphatic heterocycles. The maximum absolute atomic E-state index is 12.5. The number of esters is 2. The number of rotatable bonds is 8. The van der Waals surface area contributed by atoms with Crippen LogP contribution >= 0.6 is 0 Å². The van der Waals surface area contributed by atoms with Crippen molar-refractivity contribution in [2.24, 2.45) is 0 Å². The number of aliphatic hydroxyl groups is 5. The Hall–Kier alpha value is -3.32. The molecular weight excluding hydrogens is 500 g/mol. The molecule has 4 rings (SSSR count). The van der Waals surface area contributed by atoms with Gasteiger partial charge in [0.05, 0.1) is 11.7 Å². The first-order valence-corrected chi connectivity index (χ1v) is 12.1. The molecule has 2 aromatic carbocycles. The SMILES string of the molecule is O=C(OC[C@@H]1O[C@@H](Oc2ccccc2COC(=O)[C@]2(O)C=CCC[C@@H]2O)[C@H](O)[C@@H](O)[C@@H]1O)c1ccccc1. The second-order valence-electron chi connectivity index (χ2n) is 9.10. The van der Waals surface area contributed by atoms with Gasteiger partial charge in [-0.1, -0.05) is 42.5 Å². The number of benzene rings is 2. The van der Waals surface area contributed by atoms with Gasteiger partial charge in [0.15, 0.2) is 0 Å². The third kappa shape index (κ3) is 6.04. The van der Waals surface area contributed by atoms with Gasteiger partial charge in [0.2, 0.25) is 11.9 Å². The largest absolute Gasteiger partial charge is 0.462 e. The fraction of sp³-hybridized carbons (Fsp3) is 0.407. The zero-order chi connectivity index (χ0) is 27.3. The lowest BCUT2D eigenvalue weighted by atomic mass is 9.88. The third-order valence-corrected chi connectivity index (χ3v) is 6.44. The van der Waals surface area contributed by atoms with E-state index in [9.17, 15) is 35.1 Å². The summed E-state index contributed by atoms with van der Waals surface area (Å²) >= 11 is 0. The number of carbonyl (C=O) groups excluding carboxylic acids is 2. The molecule has 0 unspecified atom stereocenters. The van der Waals surface area contributed by atoms with Crippen molar-refractivity contribution >= 4 is 11.9 Å². The van der Waals surface area contributed by atoms with E-state index in [-0.39, 0.29) is 24.3 Å². The first kappa shape index (κ1) is 27.7. The molecule has 1 heterocycles. The number of aliphatic hydroxyl groups excluding tert-OH is 4. The number of para-hydroxylation sites is 1. The van der Waals surface area contributed by atoms with Gasteiger partial charge in [-0.05, 0) is 37.1 Å². The van der Waals surface area contributed by atoms with Gasteiger partial charge in [-0.3, -0.25) is 0 Å². The molecule has 1 saturated heterocycles.